The number of nitrogens with one attached hydrogen (secondary N) is 1. The fraction of sp³-hybridized carbons (Fsp3) is 0.556. The van der Waals surface area contributed by atoms with Gasteiger partial charge in [0.15, 0.2) is 0 Å². The molecule has 0 radical (unpaired) electrons. The topological polar surface area (TPSA) is 55.4 Å². The zero-order valence-electron chi connectivity index (χ0n) is 7.41. The van der Waals surface area contributed by atoms with Crippen LogP contribution in [-0.2, 0) is 14.3 Å². The Balaban J connectivity index is 2.26. The van der Waals surface area contributed by atoms with Crippen LogP contribution in [0.1, 0.15) is 19.3 Å². The Kier molecular flexibility index (Phi) is 3.49. The fourth-order valence-corrected chi connectivity index (χ4v) is 1.13. The predicted octanol–water partition coefficient (Wildman–Crippen LogP) is 0.384. The Morgan fingerprint density at radius 2 is 2.54 bits per heavy atom. The van der Waals surface area contributed by atoms with E-state index in [0.717, 1.165) is 0 Å². The lowest BCUT2D eigenvalue weighted by Gasteiger charge is -2.07. The third-order valence-corrected chi connectivity index (χ3v) is 1.85. The second-order valence-corrected chi connectivity index (χ2v) is 2.90. The smallest absolute Gasteiger partial charge is 0.328 e. The van der Waals surface area contributed by atoms with E-state index in [2.05, 4.69) is 11.9 Å². The lowest BCUT2D eigenvalue weighted by Crippen LogP contribution is -2.37. The molecular formula is C9H13NO3. The lowest BCUT2D eigenvalue weighted by atomic mass is 10.2. The van der Waals surface area contributed by atoms with Gasteiger partial charge < -0.3 is 10.1 Å². The number of cyclic esters (lactones) is 1. The zero-order chi connectivity index (χ0) is 9.68. The van der Waals surface area contributed by atoms with Gasteiger partial charge in [0, 0.05) is 12.8 Å². The van der Waals surface area contributed by atoms with Crippen molar-refractivity contribution in [2.75, 3.05) is 6.61 Å². The molecule has 13 heavy (non-hydrogen) atoms. The molecule has 0 aromatic rings. The van der Waals surface area contributed by atoms with Crippen LogP contribution in [0.15, 0.2) is 12.7 Å². The van der Waals surface area contributed by atoms with E-state index >= 15 is 0 Å². The minimum atomic E-state index is -0.433. The lowest BCUT2D eigenvalue weighted by molar-refractivity contribution is -0.141. The number of hydrogen-bond donors (Lipinski definition) is 1. The Morgan fingerprint density at radius 3 is 3.08 bits per heavy atom. The Labute approximate surface area is 76.9 Å². The van der Waals surface area contributed by atoms with Gasteiger partial charge in [0.1, 0.15) is 6.04 Å². The van der Waals surface area contributed by atoms with Crippen LogP contribution in [0.2, 0.25) is 0 Å². The maximum atomic E-state index is 11.1. The number of amides is 1. The molecular weight excluding hydrogens is 170 g/mol. The summed E-state index contributed by atoms with van der Waals surface area (Å²) in [5, 5.41) is 2.60. The summed E-state index contributed by atoms with van der Waals surface area (Å²) >= 11 is 0. The van der Waals surface area contributed by atoms with Crippen LogP contribution in [0.3, 0.4) is 0 Å². The molecule has 1 aliphatic heterocycles. The van der Waals surface area contributed by atoms with Crippen LogP contribution < -0.4 is 5.32 Å². The van der Waals surface area contributed by atoms with Gasteiger partial charge in [-0.2, -0.15) is 0 Å². The summed E-state index contributed by atoms with van der Waals surface area (Å²) in [5.74, 6) is -0.448. The van der Waals surface area contributed by atoms with Crippen molar-refractivity contribution in [1.29, 1.82) is 0 Å². The van der Waals surface area contributed by atoms with E-state index in [0.29, 0.717) is 25.9 Å². The summed E-state index contributed by atoms with van der Waals surface area (Å²) in [5.41, 5.74) is 0. The fourth-order valence-electron chi connectivity index (χ4n) is 1.13. The van der Waals surface area contributed by atoms with Crippen molar-refractivity contribution in [3.8, 4) is 0 Å². The molecule has 0 unspecified atom stereocenters. The molecule has 4 heteroatoms. The molecule has 0 aromatic heterocycles. The highest BCUT2D eigenvalue weighted by Gasteiger charge is 2.27. The monoisotopic (exact) mass is 183 g/mol. The van der Waals surface area contributed by atoms with E-state index in [1.165, 1.54) is 0 Å². The third-order valence-electron chi connectivity index (χ3n) is 1.85. The van der Waals surface area contributed by atoms with E-state index in [-0.39, 0.29) is 11.9 Å². The van der Waals surface area contributed by atoms with Gasteiger partial charge in [-0.1, -0.05) is 6.08 Å². The molecule has 72 valence electrons. The Morgan fingerprint density at radius 1 is 1.77 bits per heavy atom. The van der Waals surface area contributed by atoms with Gasteiger partial charge in [-0.15, -0.1) is 6.58 Å². The molecule has 1 aliphatic rings. The van der Waals surface area contributed by atoms with Crippen molar-refractivity contribution < 1.29 is 14.3 Å². The van der Waals surface area contributed by atoms with Crippen LogP contribution in [0, 0.1) is 0 Å². The van der Waals surface area contributed by atoms with Crippen molar-refractivity contribution in [3.63, 3.8) is 0 Å². The molecule has 4 nitrogen and oxygen atoms in total. The third kappa shape index (κ3) is 2.89. The maximum absolute atomic E-state index is 11.1. The number of carbonyl (C=O) groups excluding carboxylic acids is 2. The van der Waals surface area contributed by atoms with Crippen LogP contribution in [0.25, 0.3) is 0 Å². The molecule has 0 aliphatic carbocycles. The first-order chi connectivity index (χ1) is 6.24. The summed E-state index contributed by atoms with van der Waals surface area (Å²) in [6.45, 7) is 3.92. The zero-order valence-corrected chi connectivity index (χ0v) is 7.41. The second kappa shape index (κ2) is 4.64. The van der Waals surface area contributed by atoms with Crippen molar-refractivity contribution >= 4 is 11.9 Å². The van der Waals surface area contributed by atoms with Crippen LogP contribution in [0.5, 0.6) is 0 Å². The number of allylic oxidation sites excluding steroid dienone is 1. The van der Waals surface area contributed by atoms with Gasteiger partial charge in [0.2, 0.25) is 5.91 Å². The number of rotatable bonds is 4. The largest absolute Gasteiger partial charge is 0.464 e. The molecule has 0 bridgehead atoms. The van der Waals surface area contributed by atoms with E-state index in [1.54, 1.807) is 6.08 Å². The summed E-state index contributed by atoms with van der Waals surface area (Å²) in [6, 6.07) is -0.433. The molecule has 1 N–H and O–H groups in total. The van der Waals surface area contributed by atoms with E-state index in [9.17, 15) is 9.59 Å². The van der Waals surface area contributed by atoms with Crippen molar-refractivity contribution in [2.24, 2.45) is 0 Å². The first kappa shape index (κ1) is 9.77. The molecule has 1 amide bonds. The highest BCUT2D eigenvalue weighted by molar-refractivity contribution is 5.85. The number of esters is 1. The quantitative estimate of drug-likeness (QED) is 0.506. The first-order valence-corrected chi connectivity index (χ1v) is 4.31. The summed E-state index contributed by atoms with van der Waals surface area (Å²) < 4.78 is 4.70. The minimum Gasteiger partial charge on any atom is -0.464 e. The van der Waals surface area contributed by atoms with E-state index in [4.69, 9.17) is 4.74 Å². The molecule has 0 spiro atoms. The predicted molar refractivity (Wildman–Crippen MR) is 46.9 cm³/mol. The van der Waals surface area contributed by atoms with Gasteiger partial charge in [-0.25, -0.2) is 4.79 Å². The van der Waals surface area contributed by atoms with Crippen molar-refractivity contribution in [3.05, 3.63) is 12.7 Å². The Bertz CT molecular complexity index is 225. The number of carbonyl (C=O) groups is 2. The molecule has 1 atom stereocenters. The first-order valence-electron chi connectivity index (χ1n) is 4.31. The maximum Gasteiger partial charge on any atom is 0.328 e. The normalized spacial score (nSPS) is 20.9. The second-order valence-electron chi connectivity index (χ2n) is 2.90. The molecule has 1 saturated heterocycles. The van der Waals surface area contributed by atoms with E-state index in [1.807, 2.05) is 0 Å². The highest BCUT2D eigenvalue weighted by atomic mass is 16.5. The van der Waals surface area contributed by atoms with Gasteiger partial charge in [-0.05, 0) is 6.42 Å². The standard InChI is InChI=1S/C9H13NO3/c1-2-3-4-8(11)10-7-5-6-13-9(7)12/h2,7H,1,3-6H2,(H,10,11)/t7-/m1/s1. The van der Waals surface area contributed by atoms with Crippen LogP contribution in [0.4, 0.5) is 0 Å². The highest BCUT2D eigenvalue weighted by Crippen LogP contribution is 2.05. The summed E-state index contributed by atoms with van der Waals surface area (Å²) in [7, 11) is 0. The van der Waals surface area contributed by atoms with Gasteiger partial charge in [0.25, 0.3) is 0 Å². The molecule has 1 heterocycles. The summed E-state index contributed by atoms with van der Waals surface area (Å²) in [4.78, 5) is 22.1. The average molecular weight is 183 g/mol. The van der Waals surface area contributed by atoms with Crippen LogP contribution >= 0.6 is 0 Å². The molecule has 0 aromatic carbocycles. The van der Waals surface area contributed by atoms with Crippen molar-refractivity contribution in [1.82, 2.24) is 5.32 Å². The molecule has 1 rings (SSSR count). The van der Waals surface area contributed by atoms with Gasteiger partial charge in [0.05, 0.1) is 6.61 Å². The Hall–Kier alpha value is -1.32. The van der Waals surface area contributed by atoms with Gasteiger partial charge in [-0.3, -0.25) is 4.79 Å². The van der Waals surface area contributed by atoms with Gasteiger partial charge >= 0.3 is 5.97 Å². The van der Waals surface area contributed by atoms with Crippen molar-refractivity contribution in [2.45, 2.75) is 25.3 Å². The minimum absolute atomic E-state index is 0.122. The average Bonchev–Trinajstić information content (AvgIpc) is 2.48. The number of hydrogen-bond acceptors (Lipinski definition) is 3. The molecule has 1 fully saturated rings. The number of ether oxygens (including phenoxy) is 1. The summed E-state index contributed by atoms with van der Waals surface area (Å²) in [6.07, 6.45) is 3.27. The SMILES string of the molecule is C=CCCC(=O)N[C@@H]1CCOC1=O. The van der Waals surface area contributed by atoms with Crippen LogP contribution in [-0.4, -0.2) is 24.5 Å². The molecule has 0 saturated carbocycles. The van der Waals surface area contributed by atoms with E-state index < -0.39 is 6.04 Å².